The first-order valence-electron chi connectivity index (χ1n) is 3.73. The number of nitrogens with one attached hydrogen (secondary N) is 1. The Bertz CT molecular complexity index is 259. The fraction of sp³-hybridized carbons (Fsp3) is 0.500. The molecular formula is C6H9Cl2N5. The molecule has 13 heavy (non-hydrogen) atoms. The molecule has 0 spiro atoms. The molecular weight excluding hydrogens is 213 g/mol. The molecule has 3 N–H and O–H groups in total. The topological polar surface area (TPSA) is 76.7 Å². The van der Waals surface area contributed by atoms with Crippen LogP contribution < -0.4 is 11.1 Å². The summed E-state index contributed by atoms with van der Waals surface area (Å²) in [5.74, 6) is 0.374. The molecule has 0 aliphatic heterocycles. The van der Waals surface area contributed by atoms with E-state index in [9.17, 15) is 0 Å². The van der Waals surface area contributed by atoms with E-state index in [1.807, 2.05) is 0 Å². The molecule has 72 valence electrons. The Morgan fingerprint density at radius 1 is 1.15 bits per heavy atom. The Morgan fingerprint density at radius 2 is 1.77 bits per heavy atom. The number of halogens is 2. The number of nitrogens with two attached hydrogens (primary N) is 1. The smallest absolute Gasteiger partial charge is 0.228 e. The van der Waals surface area contributed by atoms with Gasteiger partial charge >= 0.3 is 0 Å². The minimum absolute atomic E-state index is 0.0789. The molecule has 0 aliphatic carbocycles. The van der Waals surface area contributed by atoms with Crippen molar-refractivity contribution in [2.45, 2.75) is 6.42 Å². The second kappa shape index (κ2) is 5.16. The van der Waals surface area contributed by atoms with Crippen LogP contribution in [0, 0.1) is 0 Å². The second-order valence-electron chi connectivity index (χ2n) is 2.27. The lowest BCUT2D eigenvalue weighted by Gasteiger charge is -2.02. The summed E-state index contributed by atoms with van der Waals surface area (Å²) in [6.45, 7) is 1.30. The van der Waals surface area contributed by atoms with Gasteiger partial charge in [0.25, 0.3) is 0 Å². The van der Waals surface area contributed by atoms with Crippen LogP contribution in [0.5, 0.6) is 0 Å². The summed E-state index contributed by atoms with van der Waals surface area (Å²) >= 11 is 11.1. The summed E-state index contributed by atoms with van der Waals surface area (Å²) in [5, 5.41) is 3.07. The van der Waals surface area contributed by atoms with Crippen molar-refractivity contribution in [1.29, 1.82) is 0 Å². The number of rotatable bonds is 4. The van der Waals surface area contributed by atoms with Gasteiger partial charge in [0.05, 0.1) is 0 Å². The standard InChI is InChI=1S/C6H9Cl2N5/c7-4-11-5(8)13-6(12-4)10-3-1-2-9/h1-3,9H2,(H,10,11,12,13). The van der Waals surface area contributed by atoms with Gasteiger partial charge in [0, 0.05) is 6.54 Å². The van der Waals surface area contributed by atoms with Gasteiger partial charge in [0.2, 0.25) is 16.5 Å². The lowest BCUT2D eigenvalue weighted by atomic mass is 10.4. The van der Waals surface area contributed by atoms with Gasteiger partial charge in [-0.2, -0.15) is 15.0 Å². The third kappa shape index (κ3) is 3.71. The Kier molecular flexibility index (Phi) is 4.14. The SMILES string of the molecule is NCCCNc1nc(Cl)nc(Cl)n1. The van der Waals surface area contributed by atoms with Gasteiger partial charge in [-0.3, -0.25) is 0 Å². The van der Waals surface area contributed by atoms with Gasteiger partial charge < -0.3 is 11.1 Å². The molecule has 0 saturated carbocycles. The maximum Gasteiger partial charge on any atom is 0.228 e. The van der Waals surface area contributed by atoms with E-state index in [1.54, 1.807) is 0 Å². The fourth-order valence-electron chi connectivity index (χ4n) is 0.707. The quantitative estimate of drug-likeness (QED) is 0.741. The molecule has 0 aliphatic rings. The molecule has 0 bridgehead atoms. The zero-order valence-corrected chi connectivity index (χ0v) is 8.31. The minimum Gasteiger partial charge on any atom is -0.354 e. The molecule has 1 rings (SSSR count). The molecule has 5 nitrogen and oxygen atoms in total. The molecule has 0 fully saturated rings. The first-order chi connectivity index (χ1) is 6.22. The van der Waals surface area contributed by atoms with Crippen molar-refractivity contribution in [1.82, 2.24) is 15.0 Å². The van der Waals surface area contributed by atoms with Crippen LogP contribution in [0.3, 0.4) is 0 Å². The summed E-state index contributed by atoms with van der Waals surface area (Å²) in [5.41, 5.74) is 5.31. The van der Waals surface area contributed by atoms with E-state index >= 15 is 0 Å². The monoisotopic (exact) mass is 221 g/mol. The number of anilines is 1. The molecule has 1 aromatic rings. The van der Waals surface area contributed by atoms with Gasteiger partial charge in [0.1, 0.15) is 0 Å². The summed E-state index contributed by atoms with van der Waals surface area (Å²) in [6, 6.07) is 0. The number of hydrogen-bond donors (Lipinski definition) is 2. The Hall–Kier alpha value is -0.650. The van der Waals surface area contributed by atoms with Gasteiger partial charge in [-0.25, -0.2) is 0 Å². The Balaban J connectivity index is 2.56. The van der Waals surface area contributed by atoms with Gasteiger partial charge in [-0.1, -0.05) is 0 Å². The molecule has 0 saturated heterocycles. The molecule has 0 amide bonds. The van der Waals surface area contributed by atoms with Crippen molar-refractivity contribution in [3.63, 3.8) is 0 Å². The lowest BCUT2D eigenvalue weighted by Crippen LogP contribution is -2.10. The molecule has 0 radical (unpaired) electrons. The van der Waals surface area contributed by atoms with E-state index in [2.05, 4.69) is 20.3 Å². The first kappa shape index (κ1) is 10.4. The highest BCUT2D eigenvalue weighted by Crippen LogP contribution is 2.08. The Morgan fingerprint density at radius 3 is 2.31 bits per heavy atom. The number of hydrogen-bond acceptors (Lipinski definition) is 5. The maximum absolute atomic E-state index is 5.55. The van der Waals surface area contributed by atoms with E-state index in [0.29, 0.717) is 19.0 Å². The summed E-state index contributed by atoms with van der Waals surface area (Å²) in [6.07, 6.45) is 0.834. The van der Waals surface area contributed by atoms with Crippen LogP contribution in [0.1, 0.15) is 6.42 Å². The number of aromatic nitrogens is 3. The molecule has 0 atom stereocenters. The van der Waals surface area contributed by atoms with Crippen molar-refractivity contribution in [3.8, 4) is 0 Å². The van der Waals surface area contributed by atoms with E-state index in [0.717, 1.165) is 6.42 Å². The third-order valence-corrected chi connectivity index (χ3v) is 1.58. The highest BCUT2D eigenvalue weighted by Gasteiger charge is 2.01. The van der Waals surface area contributed by atoms with Crippen molar-refractivity contribution in [3.05, 3.63) is 10.6 Å². The molecule has 1 heterocycles. The van der Waals surface area contributed by atoms with Crippen LogP contribution in [0.4, 0.5) is 5.95 Å². The van der Waals surface area contributed by atoms with Crippen LogP contribution in [0.2, 0.25) is 10.6 Å². The van der Waals surface area contributed by atoms with E-state index in [1.165, 1.54) is 0 Å². The average molecular weight is 222 g/mol. The molecule has 7 heteroatoms. The Labute approximate surface area is 85.7 Å². The minimum atomic E-state index is 0.0789. The second-order valence-corrected chi connectivity index (χ2v) is 2.94. The van der Waals surface area contributed by atoms with Crippen LogP contribution >= 0.6 is 23.2 Å². The predicted octanol–water partition coefficient (Wildman–Crippen LogP) is 0.939. The van der Waals surface area contributed by atoms with Crippen LogP contribution in [0.25, 0.3) is 0 Å². The van der Waals surface area contributed by atoms with Crippen LogP contribution in [-0.4, -0.2) is 28.0 Å². The zero-order chi connectivity index (χ0) is 9.68. The first-order valence-corrected chi connectivity index (χ1v) is 4.49. The normalized spacial score (nSPS) is 10.1. The third-order valence-electron chi connectivity index (χ3n) is 1.24. The fourth-order valence-corrected chi connectivity index (χ4v) is 1.07. The van der Waals surface area contributed by atoms with Gasteiger partial charge in [-0.15, -0.1) is 0 Å². The molecule has 0 unspecified atom stereocenters. The van der Waals surface area contributed by atoms with Crippen LogP contribution in [-0.2, 0) is 0 Å². The number of nitrogens with zero attached hydrogens (tertiary/aromatic N) is 3. The summed E-state index contributed by atoms with van der Waals surface area (Å²) in [7, 11) is 0. The summed E-state index contributed by atoms with van der Waals surface area (Å²) in [4.78, 5) is 11.2. The van der Waals surface area contributed by atoms with Crippen molar-refractivity contribution in [2.75, 3.05) is 18.4 Å². The highest BCUT2D eigenvalue weighted by atomic mass is 35.5. The maximum atomic E-state index is 5.55. The van der Waals surface area contributed by atoms with Gasteiger partial charge in [-0.05, 0) is 36.2 Å². The van der Waals surface area contributed by atoms with E-state index < -0.39 is 0 Å². The van der Waals surface area contributed by atoms with Crippen molar-refractivity contribution < 1.29 is 0 Å². The van der Waals surface area contributed by atoms with E-state index in [-0.39, 0.29) is 10.6 Å². The molecule has 0 aromatic carbocycles. The average Bonchev–Trinajstić information content (AvgIpc) is 2.03. The van der Waals surface area contributed by atoms with Gasteiger partial charge in [0.15, 0.2) is 0 Å². The molecule has 1 aromatic heterocycles. The summed E-state index contributed by atoms with van der Waals surface area (Å²) < 4.78 is 0. The highest BCUT2D eigenvalue weighted by molar-refractivity contribution is 6.31. The van der Waals surface area contributed by atoms with E-state index in [4.69, 9.17) is 28.9 Å². The van der Waals surface area contributed by atoms with Crippen molar-refractivity contribution >= 4 is 29.2 Å². The van der Waals surface area contributed by atoms with Crippen molar-refractivity contribution in [2.24, 2.45) is 5.73 Å². The lowest BCUT2D eigenvalue weighted by molar-refractivity contribution is 0.860. The van der Waals surface area contributed by atoms with Crippen LogP contribution in [0.15, 0.2) is 0 Å². The predicted molar refractivity (Wildman–Crippen MR) is 52.0 cm³/mol. The largest absolute Gasteiger partial charge is 0.354 e. The zero-order valence-electron chi connectivity index (χ0n) is 6.80.